The molecule has 3 atom stereocenters. The smallest absolute Gasteiger partial charge is 0.119 e. The molecule has 0 amide bonds. The van der Waals surface area contributed by atoms with Gasteiger partial charge in [-0.05, 0) is 35.1 Å². The van der Waals surface area contributed by atoms with Crippen LogP contribution in [-0.4, -0.2) is 7.11 Å². The highest BCUT2D eigenvalue weighted by Gasteiger charge is 2.32. The molecule has 0 bridgehead atoms. The van der Waals surface area contributed by atoms with Crippen LogP contribution in [-0.2, 0) is 0 Å². The highest BCUT2D eigenvalue weighted by atomic mass is 16.5. The first-order valence-electron chi connectivity index (χ1n) is 5.08. The summed E-state index contributed by atoms with van der Waals surface area (Å²) in [5.74, 6) is 1.99. The first-order valence-corrected chi connectivity index (χ1v) is 5.08. The number of benzene rings is 1. The molecule has 14 heavy (non-hydrogen) atoms. The molecule has 0 radical (unpaired) electrons. The molecule has 2 N–H and O–H groups in total. The summed E-state index contributed by atoms with van der Waals surface area (Å²) in [5.41, 5.74) is 8.78. The third-order valence-corrected chi connectivity index (χ3v) is 3.50. The molecule has 0 saturated heterocycles. The van der Waals surface area contributed by atoms with Gasteiger partial charge < -0.3 is 10.5 Å². The maximum absolute atomic E-state index is 6.15. The minimum atomic E-state index is 0.162. The van der Waals surface area contributed by atoms with E-state index in [-0.39, 0.29) is 6.04 Å². The van der Waals surface area contributed by atoms with Crippen molar-refractivity contribution in [1.82, 2.24) is 0 Å². The number of nitrogens with two attached hydrogens (primary N) is 1. The Morgan fingerprint density at radius 2 is 1.93 bits per heavy atom. The molecule has 1 aliphatic rings. The fraction of sp³-hybridized carbons (Fsp3) is 0.500. The van der Waals surface area contributed by atoms with E-state index in [1.165, 1.54) is 11.1 Å². The zero-order valence-corrected chi connectivity index (χ0v) is 8.95. The van der Waals surface area contributed by atoms with E-state index in [0.29, 0.717) is 11.8 Å². The van der Waals surface area contributed by atoms with Gasteiger partial charge in [-0.2, -0.15) is 0 Å². The van der Waals surface area contributed by atoms with Crippen LogP contribution < -0.4 is 10.5 Å². The first-order chi connectivity index (χ1) is 6.65. The Labute approximate surface area is 85.1 Å². The van der Waals surface area contributed by atoms with Gasteiger partial charge >= 0.3 is 0 Å². The van der Waals surface area contributed by atoms with Crippen LogP contribution in [0.2, 0.25) is 0 Å². The molecule has 76 valence electrons. The van der Waals surface area contributed by atoms with Gasteiger partial charge in [0.25, 0.3) is 0 Å². The summed E-state index contributed by atoms with van der Waals surface area (Å²) in [5, 5.41) is 0. The van der Waals surface area contributed by atoms with Gasteiger partial charge in [-0.25, -0.2) is 0 Å². The second-order valence-corrected chi connectivity index (χ2v) is 4.17. The molecule has 2 nitrogen and oxygen atoms in total. The molecule has 0 fully saturated rings. The van der Waals surface area contributed by atoms with Crippen molar-refractivity contribution in [3.63, 3.8) is 0 Å². The predicted molar refractivity (Wildman–Crippen MR) is 57.5 cm³/mol. The quantitative estimate of drug-likeness (QED) is 0.740. The number of fused-ring (bicyclic) bond motifs is 1. The Bertz CT molecular complexity index is 348. The van der Waals surface area contributed by atoms with Gasteiger partial charge in [-0.1, -0.05) is 19.9 Å². The van der Waals surface area contributed by atoms with Crippen LogP contribution in [0.5, 0.6) is 5.75 Å². The van der Waals surface area contributed by atoms with E-state index in [2.05, 4.69) is 26.0 Å². The third kappa shape index (κ3) is 1.22. The molecule has 0 spiro atoms. The average molecular weight is 191 g/mol. The first kappa shape index (κ1) is 9.53. The van der Waals surface area contributed by atoms with Gasteiger partial charge in [0.1, 0.15) is 5.75 Å². The molecule has 0 saturated carbocycles. The van der Waals surface area contributed by atoms with Gasteiger partial charge in [0.15, 0.2) is 0 Å². The Hall–Kier alpha value is -1.02. The number of hydrogen-bond donors (Lipinski definition) is 1. The molecular weight excluding hydrogens is 174 g/mol. The van der Waals surface area contributed by atoms with Crippen LogP contribution in [0, 0.1) is 5.92 Å². The van der Waals surface area contributed by atoms with E-state index in [4.69, 9.17) is 10.5 Å². The lowest BCUT2D eigenvalue weighted by Crippen LogP contribution is -2.15. The van der Waals surface area contributed by atoms with E-state index in [1.807, 2.05) is 6.07 Å². The van der Waals surface area contributed by atoms with Gasteiger partial charge in [0.05, 0.1) is 7.11 Å². The fourth-order valence-corrected chi connectivity index (χ4v) is 2.26. The fourth-order valence-electron chi connectivity index (χ4n) is 2.26. The lowest BCUT2D eigenvalue weighted by atomic mass is 9.95. The molecule has 1 aromatic rings. The van der Waals surface area contributed by atoms with Crippen LogP contribution >= 0.6 is 0 Å². The highest BCUT2D eigenvalue weighted by Crippen LogP contribution is 2.44. The molecular formula is C12H17NO. The topological polar surface area (TPSA) is 35.2 Å². The summed E-state index contributed by atoms with van der Waals surface area (Å²) in [6.45, 7) is 4.45. The van der Waals surface area contributed by atoms with Crippen molar-refractivity contribution in [3.8, 4) is 5.75 Å². The molecule has 3 unspecified atom stereocenters. The normalized spacial score (nSPS) is 30.1. The average Bonchev–Trinajstić information content (AvgIpc) is 2.44. The standard InChI is InChI=1S/C12H17NO/c1-7-8(2)12(13)11-6-9(14-3)4-5-10(7)11/h4-8,12H,13H2,1-3H3. The summed E-state index contributed by atoms with van der Waals surface area (Å²) in [7, 11) is 1.69. The molecule has 1 aliphatic carbocycles. The van der Waals surface area contributed by atoms with Crippen molar-refractivity contribution >= 4 is 0 Å². The van der Waals surface area contributed by atoms with E-state index in [9.17, 15) is 0 Å². The summed E-state index contributed by atoms with van der Waals surface area (Å²) < 4.78 is 5.20. The summed E-state index contributed by atoms with van der Waals surface area (Å²) in [4.78, 5) is 0. The molecule has 0 aromatic heterocycles. The van der Waals surface area contributed by atoms with Crippen LogP contribution in [0.15, 0.2) is 18.2 Å². The van der Waals surface area contributed by atoms with E-state index >= 15 is 0 Å². The number of hydrogen-bond acceptors (Lipinski definition) is 2. The largest absolute Gasteiger partial charge is 0.497 e. The van der Waals surface area contributed by atoms with Crippen molar-refractivity contribution in [1.29, 1.82) is 0 Å². The van der Waals surface area contributed by atoms with Crippen molar-refractivity contribution in [2.75, 3.05) is 7.11 Å². The van der Waals surface area contributed by atoms with E-state index in [0.717, 1.165) is 5.75 Å². The van der Waals surface area contributed by atoms with Crippen molar-refractivity contribution in [2.45, 2.75) is 25.8 Å². The maximum Gasteiger partial charge on any atom is 0.119 e. The van der Waals surface area contributed by atoms with E-state index < -0.39 is 0 Å². The lowest BCUT2D eigenvalue weighted by molar-refractivity contribution is 0.413. The zero-order chi connectivity index (χ0) is 10.3. The zero-order valence-electron chi connectivity index (χ0n) is 8.95. The van der Waals surface area contributed by atoms with Crippen LogP contribution in [0.4, 0.5) is 0 Å². The van der Waals surface area contributed by atoms with Crippen LogP contribution in [0.3, 0.4) is 0 Å². The molecule has 2 heteroatoms. The van der Waals surface area contributed by atoms with E-state index in [1.54, 1.807) is 7.11 Å². The van der Waals surface area contributed by atoms with Gasteiger partial charge in [0.2, 0.25) is 0 Å². The minimum Gasteiger partial charge on any atom is -0.497 e. The minimum absolute atomic E-state index is 0.162. The predicted octanol–water partition coefficient (Wildman–Crippen LogP) is 2.45. The Balaban J connectivity index is 2.48. The Kier molecular flexibility index (Phi) is 2.23. The summed E-state index contributed by atoms with van der Waals surface area (Å²) in [6.07, 6.45) is 0. The SMILES string of the molecule is COc1ccc2c(c1)C(N)C(C)C2C. The molecule has 0 aliphatic heterocycles. The third-order valence-electron chi connectivity index (χ3n) is 3.50. The van der Waals surface area contributed by atoms with Crippen molar-refractivity contribution in [3.05, 3.63) is 29.3 Å². The Morgan fingerprint density at radius 3 is 2.57 bits per heavy atom. The number of rotatable bonds is 1. The maximum atomic E-state index is 6.15. The molecule has 2 rings (SSSR count). The summed E-state index contributed by atoms with van der Waals surface area (Å²) in [6, 6.07) is 6.39. The highest BCUT2D eigenvalue weighted by molar-refractivity contribution is 5.43. The van der Waals surface area contributed by atoms with Gasteiger partial charge in [0, 0.05) is 6.04 Å². The lowest BCUT2D eigenvalue weighted by Gasteiger charge is -2.13. The van der Waals surface area contributed by atoms with Gasteiger partial charge in [-0.15, -0.1) is 0 Å². The second kappa shape index (κ2) is 3.28. The summed E-state index contributed by atoms with van der Waals surface area (Å²) >= 11 is 0. The van der Waals surface area contributed by atoms with Crippen LogP contribution in [0.1, 0.15) is 36.9 Å². The van der Waals surface area contributed by atoms with Crippen molar-refractivity contribution < 1.29 is 4.74 Å². The van der Waals surface area contributed by atoms with Gasteiger partial charge in [-0.3, -0.25) is 0 Å². The Morgan fingerprint density at radius 1 is 1.21 bits per heavy atom. The monoisotopic (exact) mass is 191 g/mol. The number of methoxy groups -OCH3 is 1. The van der Waals surface area contributed by atoms with Crippen molar-refractivity contribution in [2.24, 2.45) is 11.7 Å². The number of ether oxygens (including phenoxy) is 1. The van der Waals surface area contributed by atoms with Crippen LogP contribution in [0.25, 0.3) is 0 Å². The molecule has 1 aromatic carbocycles. The second-order valence-electron chi connectivity index (χ2n) is 4.17. The molecule has 0 heterocycles.